The van der Waals surface area contributed by atoms with Crippen LogP contribution >= 0.6 is 0 Å². The minimum absolute atomic E-state index is 0.0476. The van der Waals surface area contributed by atoms with Gasteiger partial charge in [-0.05, 0) is 30.3 Å². The third kappa shape index (κ3) is 3.76. The molecule has 0 spiro atoms. The van der Waals surface area contributed by atoms with Crippen LogP contribution in [0.3, 0.4) is 0 Å². The third-order valence-electron chi connectivity index (χ3n) is 4.27. The van der Waals surface area contributed by atoms with Crippen LogP contribution in [0, 0.1) is 10.1 Å². The molecule has 0 aliphatic rings. The van der Waals surface area contributed by atoms with Crippen molar-refractivity contribution in [2.45, 2.75) is 38.9 Å². The van der Waals surface area contributed by atoms with Gasteiger partial charge in [0.25, 0.3) is 14.0 Å². The van der Waals surface area contributed by atoms with E-state index in [0.717, 1.165) is 0 Å². The Hall–Kier alpha value is -2.21. The Morgan fingerprint density at radius 3 is 2.48 bits per heavy atom. The average Bonchev–Trinajstić information content (AvgIpc) is 2.46. The lowest BCUT2D eigenvalue weighted by molar-refractivity contribution is -0.384. The normalized spacial score (nSPS) is 12.0. The van der Waals surface area contributed by atoms with E-state index >= 15 is 0 Å². The minimum atomic E-state index is -2.02. The number of aromatic nitrogens is 1. The van der Waals surface area contributed by atoms with Gasteiger partial charge in [0.2, 0.25) is 0 Å². The van der Waals surface area contributed by atoms with Gasteiger partial charge in [-0.2, -0.15) is 0 Å². The number of nitro benzene ring substituents is 1. The van der Waals surface area contributed by atoms with Crippen molar-refractivity contribution in [3.63, 3.8) is 0 Å². The van der Waals surface area contributed by atoms with Crippen molar-refractivity contribution in [3.05, 3.63) is 52.7 Å². The van der Waals surface area contributed by atoms with E-state index in [9.17, 15) is 10.1 Å². The summed E-state index contributed by atoms with van der Waals surface area (Å²) in [5.74, 6) is 0.680. The zero-order chi connectivity index (χ0) is 17.3. The molecule has 0 unspecified atom stereocenters. The smallest absolute Gasteiger partial charge is 0.270 e. The highest BCUT2D eigenvalue weighted by Gasteiger charge is 2.39. The van der Waals surface area contributed by atoms with Gasteiger partial charge in [-0.25, -0.2) is 0 Å². The first kappa shape index (κ1) is 17.1. The monoisotopic (exact) mass is 330 g/mol. The van der Waals surface area contributed by atoms with Crippen LogP contribution in [0.1, 0.15) is 20.8 Å². The van der Waals surface area contributed by atoms with Crippen molar-refractivity contribution in [2.24, 2.45) is 0 Å². The summed E-state index contributed by atoms with van der Waals surface area (Å²) in [6.45, 7) is 10.8. The fraction of sp³-hybridized carbons (Fsp3) is 0.353. The second kappa shape index (κ2) is 6.12. The molecule has 6 heteroatoms. The number of rotatable bonds is 4. The Morgan fingerprint density at radius 2 is 1.87 bits per heavy atom. The topological polar surface area (TPSA) is 65.3 Å². The highest BCUT2D eigenvalue weighted by Crippen LogP contribution is 2.39. The number of hydrogen-bond acceptors (Lipinski definition) is 4. The summed E-state index contributed by atoms with van der Waals surface area (Å²) in [6, 6.07) is 10.2. The van der Waals surface area contributed by atoms with Gasteiger partial charge >= 0.3 is 0 Å². The molecule has 1 heterocycles. The molecule has 0 N–H and O–H groups in total. The molecule has 0 aliphatic heterocycles. The predicted octanol–water partition coefficient (Wildman–Crippen LogP) is 5.04. The standard InChI is InChI=1S/C17H22N2O3Si/c1-17(2,3)23(4,5)22-15-10-7-11-18-16(15)13-8-6-9-14(12-13)19(20)21/h6-12H,1-5H3. The molecular formula is C17H22N2O3Si. The van der Waals surface area contributed by atoms with Gasteiger partial charge in [0.15, 0.2) is 0 Å². The Labute approximate surface area is 137 Å². The molecule has 0 bridgehead atoms. The van der Waals surface area contributed by atoms with Crippen molar-refractivity contribution in [3.8, 4) is 17.0 Å². The maximum atomic E-state index is 11.0. The van der Waals surface area contributed by atoms with Crippen molar-refractivity contribution in [1.82, 2.24) is 4.98 Å². The maximum Gasteiger partial charge on any atom is 0.270 e. The van der Waals surface area contributed by atoms with Gasteiger partial charge in [0.1, 0.15) is 11.4 Å². The molecule has 0 fully saturated rings. The molecule has 0 atom stereocenters. The lowest BCUT2D eigenvalue weighted by atomic mass is 10.1. The molecule has 0 saturated carbocycles. The maximum absolute atomic E-state index is 11.0. The summed E-state index contributed by atoms with van der Waals surface area (Å²) in [5, 5.41) is 11.0. The molecule has 122 valence electrons. The van der Waals surface area contributed by atoms with Gasteiger partial charge in [0.05, 0.1) is 4.92 Å². The molecule has 0 saturated heterocycles. The predicted molar refractivity (Wildman–Crippen MR) is 94.2 cm³/mol. The highest BCUT2D eigenvalue weighted by atomic mass is 28.4. The van der Waals surface area contributed by atoms with E-state index in [4.69, 9.17) is 4.43 Å². The summed E-state index contributed by atoms with van der Waals surface area (Å²) in [5.41, 5.74) is 1.38. The Balaban J connectivity index is 2.46. The molecule has 2 aromatic rings. The number of benzene rings is 1. The van der Waals surface area contributed by atoms with Gasteiger partial charge in [-0.15, -0.1) is 0 Å². The lowest BCUT2D eigenvalue weighted by Crippen LogP contribution is -2.44. The molecule has 0 radical (unpaired) electrons. The fourth-order valence-corrected chi connectivity index (χ4v) is 2.91. The number of pyridine rings is 1. The molecule has 1 aromatic heterocycles. The van der Waals surface area contributed by atoms with Crippen LogP contribution in [0.2, 0.25) is 18.1 Å². The highest BCUT2D eigenvalue weighted by molar-refractivity contribution is 6.74. The number of nitro groups is 1. The second-order valence-electron chi connectivity index (χ2n) is 7.02. The van der Waals surface area contributed by atoms with Crippen LogP contribution in [0.15, 0.2) is 42.6 Å². The van der Waals surface area contributed by atoms with Crippen LogP contribution in [0.5, 0.6) is 5.75 Å². The first-order valence-electron chi connectivity index (χ1n) is 7.51. The molecule has 23 heavy (non-hydrogen) atoms. The molecule has 5 nitrogen and oxygen atoms in total. The number of non-ortho nitro benzene ring substituents is 1. The molecule has 0 amide bonds. The Kier molecular flexibility index (Phi) is 4.56. The molecule has 1 aromatic carbocycles. The van der Waals surface area contributed by atoms with Gasteiger partial charge < -0.3 is 4.43 Å². The first-order valence-corrected chi connectivity index (χ1v) is 10.4. The van der Waals surface area contributed by atoms with Gasteiger partial charge in [-0.1, -0.05) is 32.9 Å². The van der Waals surface area contributed by atoms with E-state index in [1.807, 2.05) is 18.2 Å². The first-order chi connectivity index (χ1) is 10.6. The number of nitrogens with zero attached hydrogens (tertiary/aromatic N) is 2. The van der Waals surface area contributed by atoms with E-state index in [2.05, 4.69) is 38.8 Å². The molecule has 2 rings (SSSR count). The molecule has 0 aliphatic carbocycles. The SMILES string of the molecule is CC(C)(C)[Si](C)(C)Oc1cccnc1-c1cccc([N+](=O)[O-])c1. The Morgan fingerprint density at radius 1 is 1.17 bits per heavy atom. The largest absolute Gasteiger partial charge is 0.542 e. The Bertz CT molecular complexity index is 724. The zero-order valence-electron chi connectivity index (χ0n) is 14.2. The quantitative estimate of drug-likeness (QED) is 0.447. The fourth-order valence-electron chi connectivity index (χ4n) is 1.88. The third-order valence-corrected chi connectivity index (χ3v) is 8.61. The van der Waals surface area contributed by atoms with Crippen molar-refractivity contribution in [2.75, 3.05) is 0 Å². The summed E-state index contributed by atoms with van der Waals surface area (Å²) in [7, 11) is -2.02. The van der Waals surface area contributed by atoms with Crippen molar-refractivity contribution >= 4 is 14.0 Å². The average molecular weight is 330 g/mol. The van der Waals surface area contributed by atoms with Crippen LogP contribution < -0.4 is 4.43 Å². The zero-order valence-corrected chi connectivity index (χ0v) is 15.2. The van der Waals surface area contributed by atoms with E-state index in [1.54, 1.807) is 12.3 Å². The summed E-state index contributed by atoms with van der Waals surface area (Å²) in [4.78, 5) is 15.0. The lowest BCUT2D eigenvalue weighted by Gasteiger charge is -2.36. The van der Waals surface area contributed by atoms with Crippen LogP contribution in [-0.2, 0) is 0 Å². The summed E-state index contributed by atoms with van der Waals surface area (Å²) in [6.07, 6.45) is 1.67. The van der Waals surface area contributed by atoms with Crippen molar-refractivity contribution in [1.29, 1.82) is 0 Å². The summed E-state index contributed by atoms with van der Waals surface area (Å²) >= 11 is 0. The second-order valence-corrected chi connectivity index (χ2v) is 11.7. The van der Waals surface area contributed by atoms with Gasteiger partial charge in [0, 0.05) is 23.9 Å². The summed E-state index contributed by atoms with van der Waals surface area (Å²) < 4.78 is 6.36. The van der Waals surface area contributed by atoms with E-state index in [0.29, 0.717) is 17.0 Å². The van der Waals surface area contributed by atoms with Crippen LogP contribution in [0.4, 0.5) is 5.69 Å². The van der Waals surface area contributed by atoms with Crippen LogP contribution in [-0.4, -0.2) is 18.2 Å². The van der Waals surface area contributed by atoms with Gasteiger partial charge in [-0.3, -0.25) is 15.1 Å². The van der Waals surface area contributed by atoms with E-state index in [1.165, 1.54) is 12.1 Å². The minimum Gasteiger partial charge on any atom is -0.542 e. The van der Waals surface area contributed by atoms with E-state index in [-0.39, 0.29) is 10.7 Å². The number of hydrogen-bond donors (Lipinski definition) is 0. The van der Waals surface area contributed by atoms with Crippen molar-refractivity contribution < 1.29 is 9.35 Å². The molecular weight excluding hydrogens is 308 g/mol. The van der Waals surface area contributed by atoms with Crippen LogP contribution in [0.25, 0.3) is 11.3 Å². The van der Waals surface area contributed by atoms with E-state index < -0.39 is 13.2 Å².